The maximum atomic E-state index is 13.6. The maximum absolute atomic E-state index is 13.6. The van der Waals surface area contributed by atoms with E-state index in [1.807, 2.05) is 0 Å². The highest BCUT2D eigenvalue weighted by Gasteiger charge is 2.31. The number of nitrogens with one attached hydrogen (secondary N) is 1. The van der Waals surface area contributed by atoms with Crippen LogP contribution >= 0.6 is 0 Å². The molecule has 0 saturated heterocycles. The van der Waals surface area contributed by atoms with E-state index in [1.165, 1.54) is 12.1 Å². The third-order valence-electron chi connectivity index (χ3n) is 3.13. The number of hydrogen-bond acceptors (Lipinski definition) is 2. The molecule has 1 atom stereocenters. The molecule has 0 aromatic heterocycles. The highest BCUT2D eigenvalue weighted by atomic mass is 19.1. The van der Waals surface area contributed by atoms with Gasteiger partial charge in [-0.2, -0.15) is 0 Å². The zero-order chi connectivity index (χ0) is 12.4. The smallest absolute Gasteiger partial charge is 0.254 e. The number of nitrogens with two attached hydrogens (primary N) is 1. The Hall–Kier alpha value is -1.42. The minimum Gasteiger partial charge on any atom is -0.348 e. The van der Waals surface area contributed by atoms with E-state index < -0.39 is 5.82 Å². The van der Waals surface area contributed by atoms with Crippen molar-refractivity contribution in [2.24, 2.45) is 11.7 Å². The number of benzene rings is 1. The van der Waals surface area contributed by atoms with E-state index in [0.717, 1.165) is 18.4 Å². The van der Waals surface area contributed by atoms with Crippen LogP contribution in [0.2, 0.25) is 0 Å². The number of carbonyl (C=O) groups is 1. The first-order valence-corrected chi connectivity index (χ1v) is 5.89. The molecule has 1 fully saturated rings. The van der Waals surface area contributed by atoms with Gasteiger partial charge in [0, 0.05) is 12.6 Å². The number of aryl methyl sites for hydroxylation is 1. The van der Waals surface area contributed by atoms with Crippen molar-refractivity contribution in [2.75, 3.05) is 6.54 Å². The van der Waals surface area contributed by atoms with Crippen molar-refractivity contribution in [3.63, 3.8) is 0 Å². The van der Waals surface area contributed by atoms with Crippen LogP contribution in [-0.2, 0) is 0 Å². The molecule has 1 unspecified atom stereocenters. The molecule has 1 aliphatic carbocycles. The standard InChI is InChI=1S/C13H17FN2O/c1-8-2-5-10(11(14)6-8)13(17)16-12(7-15)9-3-4-9/h2,5-6,9,12H,3-4,7,15H2,1H3,(H,16,17). The molecule has 92 valence electrons. The molecule has 1 saturated carbocycles. The van der Waals surface area contributed by atoms with Gasteiger partial charge in [0.1, 0.15) is 5.82 Å². The number of halogens is 1. The van der Waals surface area contributed by atoms with Gasteiger partial charge in [0.25, 0.3) is 5.91 Å². The molecule has 17 heavy (non-hydrogen) atoms. The van der Waals surface area contributed by atoms with Crippen LogP contribution in [0.15, 0.2) is 18.2 Å². The van der Waals surface area contributed by atoms with Crippen molar-refractivity contribution < 1.29 is 9.18 Å². The molecule has 3 N–H and O–H groups in total. The predicted molar refractivity (Wildman–Crippen MR) is 64.2 cm³/mol. The van der Waals surface area contributed by atoms with Gasteiger partial charge in [-0.05, 0) is 43.4 Å². The quantitative estimate of drug-likeness (QED) is 0.834. The van der Waals surface area contributed by atoms with E-state index in [1.54, 1.807) is 13.0 Å². The van der Waals surface area contributed by atoms with Crippen molar-refractivity contribution in [1.82, 2.24) is 5.32 Å². The lowest BCUT2D eigenvalue weighted by atomic mass is 10.1. The molecule has 0 bridgehead atoms. The lowest BCUT2D eigenvalue weighted by Crippen LogP contribution is -2.42. The molecule has 1 aromatic rings. The highest BCUT2D eigenvalue weighted by molar-refractivity contribution is 5.94. The Morgan fingerprint density at radius 3 is 2.82 bits per heavy atom. The number of rotatable bonds is 4. The number of carbonyl (C=O) groups excluding carboxylic acids is 1. The summed E-state index contributed by atoms with van der Waals surface area (Å²) < 4.78 is 13.6. The summed E-state index contributed by atoms with van der Waals surface area (Å²) in [6.45, 7) is 2.20. The predicted octanol–water partition coefficient (Wildman–Crippen LogP) is 1.60. The summed E-state index contributed by atoms with van der Waals surface area (Å²) in [5, 5.41) is 2.80. The summed E-state index contributed by atoms with van der Waals surface area (Å²) >= 11 is 0. The second kappa shape index (κ2) is 4.84. The van der Waals surface area contributed by atoms with E-state index in [-0.39, 0.29) is 17.5 Å². The summed E-state index contributed by atoms with van der Waals surface area (Å²) in [6.07, 6.45) is 2.19. The molecular formula is C13H17FN2O. The molecule has 1 aliphatic rings. The van der Waals surface area contributed by atoms with Crippen molar-refractivity contribution in [1.29, 1.82) is 0 Å². The summed E-state index contributed by atoms with van der Waals surface area (Å²) in [6, 6.07) is 4.58. The SMILES string of the molecule is Cc1ccc(C(=O)NC(CN)C2CC2)c(F)c1. The topological polar surface area (TPSA) is 55.1 Å². The number of hydrogen-bond donors (Lipinski definition) is 2. The molecule has 1 aromatic carbocycles. The Labute approximate surface area is 100 Å². The maximum Gasteiger partial charge on any atom is 0.254 e. The second-order valence-corrected chi connectivity index (χ2v) is 4.64. The van der Waals surface area contributed by atoms with Gasteiger partial charge in [-0.15, -0.1) is 0 Å². The van der Waals surface area contributed by atoms with Crippen molar-refractivity contribution in [3.8, 4) is 0 Å². The van der Waals surface area contributed by atoms with E-state index in [4.69, 9.17) is 5.73 Å². The monoisotopic (exact) mass is 236 g/mol. The first-order chi connectivity index (χ1) is 8.11. The average molecular weight is 236 g/mol. The first-order valence-electron chi connectivity index (χ1n) is 5.89. The van der Waals surface area contributed by atoms with Gasteiger partial charge in [0.15, 0.2) is 0 Å². The van der Waals surface area contributed by atoms with Gasteiger partial charge in [-0.25, -0.2) is 4.39 Å². The Bertz CT molecular complexity index is 429. The molecule has 4 heteroatoms. The highest BCUT2D eigenvalue weighted by Crippen LogP contribution is 2.32. The summed E-state index contributed by atoms with van der Waals surface area (Å²) in [7, 11) is 0. The Balaban J connectivity index is 2.08. The van der Waals surface area contributed by atoms with Crippen molar-refractivity contribution in [2.45, 2.75) is 25.8 Å². The first kappa shape index (κ1) is 12.0. The van der Waals surface area contributed by atoms with Gasteiger partial charge in [0.2, 0.25) is 0 Å². The molecule has 0 aliphatic heterocycles. The van der Waals surface area contributed by atoms with Gasteiger partial charge >= 0.3 is 0 Å². The summed E-state index contributed by atoms with van der Waals surface area (Å²) in [4.78, 5) is 11.9. The normalized spacial score (nSPS) is 16.6. The second-order valence-electron chi connectivity index (χ2n) is 4.64. The average Bonchev–Trinajstić information content (AvgIpc) is 3.09. The largest absolute Gasteiger partial charge is 0.348 e. The van der Waals surface area contributed by atoms with Gasteiger partial charge in [0.05, 0.1) is 5.56 Å². The van der Waals surface area contributed by atoms with Crippen LogP contribution in [0, 0.1) is 18.7 Å². The van der Waals surface area contributed by atoms with Crippen molar-refractivity contribution in [3.05, 3.63) is 35.1 Å². The lowest BCUT2D eigenvalue weighted by molar-refractivity contribution is 0.0929. The molecule has 0 radical (unpaired) electrons. The zero-order valence-corrected chi connectivity index (χ0v) is 9.87. The molecule has 2 rings (SSSR count). The molecule has 0 heterocycles. The summed E-state index contributed by atoms with van der Waals surface area (Å²) in [5.74, 6) is -0.378. The van der Waals surface area contributed by atoms with Gasteiger partial charge < -0.3 is 11.1 Å². The molecular weight excluding hydrogens is 219 g/mol. The van der Waals surface area contributed by atoms with Crippen molar-refractivity contribution >= 4 is 5.91 Å². The third-order valence-corrected chi connectivity index (χ3v) is 3.13. The van der Waals surface area contributed by atoms with E-state index in [9.17, 15) is 9.18 Å². The van der Waals surface area contributed by atoms with E-state index >= 15 is 0 Å². The number of amides is 1. The van der Waals surface area contributed by atoms with Crippen LogP contribution in [0.4, 0.5) is 4.39 Å². The van der Waals surface area contributed by atoms with Gasteiger partial charge in [-0.3, -0.25) is 4.79 Å². The van der Waals surface area contributed by atoms with Crippen LogP contribution in [-0.4, -0.2) is 18.5 Å². The zero-order valence-electron chi connectivity index (χ0n) is 9.87. The Morgan fingerprint density at radius 1 is 1.59 bits per heavy atom. The lowest BCUT2D eigenvalue weighted by Gasteiger charge is -2.16. The van der Waals surface area contributed by atoms with E-state index in [2.05, 4.69) is 5.32 Å². The summed E-state index contributed by atoms with van der Waals surface area (Å²) in [5.41, 5.74) is 6.49. The van der Waals surface area contributed by atoms with Crippen LogP contribution in [0.5, 0.6) is 0 Å². The van der Waals surface area contributed by atoms with Crippen LogP contribution in [0.25, 0.3) is 0 Å². The fraction of sp³-hybridized carbons (Fsp3) is 0.462. The fourth-order valence-electron chi connectivity index (χ4n) is 1.92. The van der Waals surface area contributed by atoms with E-state index in [0.29, 0.717) is 12.5 Å². The Morgan fingerprint density at radius 2 is 2.29 bits per heavy atom. The van der Waals surface area contributed by atoms with Crippen LogP contribution < -0.4 is 11.1 Å². The molecule has 0 spiro atoms. The molecule has 1 amide bonds. The minimum atomic E-state index is -0.478. The van der Waals surface area contributed by atoms with Crippen LogP contribution in [0.1, 0.15) is 28.8 Å². The Kier molecular flexibility index (Phi) is 3.43. The third kappa shape index (κ3) is 2.82. The van der Waals surface area contributed by atoms with Gasteiger partial charge in [-0.1, -0.05) is 6.07 Å². The fourth-order valence-corrected chi connectivity index (χ4v) is 1.92. The van der Waals surface area contributed by atoms with Crippen LogP contribution in [0.3, 0.4) is 0 Å². The molecule has 3 nitrogen and oxygen atoms in total. The minimum absolute atomic E-state index is 0.0248.